The van der Waals surface area contributed by atoms with Crippen LogP contribution in [0, 0.1) is 0 Å². The van der Waals surface area contributed by atoms with Gasteiger partial charge in [-0.15, -0.1) is 0 Å². The number of nitrogens with two attached hydrogens (primary N) is 1. The minimum absolute atomic E-state index is 0.0848. The van der Waals surface area contributed by atoms with Crippen LogP contribution in [-0.4, -0.2) is 24.5 Å². The van der Waals surface area contributed by atoms with Gasteiger partial charge in [-0.2, -0.15) is 0 Å². The summed E-state index contributed by atoms with van der Waals surface area (Å²) in [6.45, 7) is 6.67. The normalized spacial score (nSPS) is 29.1. The Morgan fingerprint density at radius 3 is 2.69 bits per heavy atom. The van der Waals surface area contributed by atoms with Crippen molar-refractivity contribution in [2.75, 3.05) is 6.61 Å². The Labute approximate surface area is 80.6 Å². The molecule has 13 heavy (non-hydrogen) atoms. The van der Waals surface area contributed by atoms with Crippen molar-refractivity contribution in [3.8, 4) is 0 Å². The molecule has 78 valence electrons. The lowest BCUT2D eigenvalue weighted by Crippen LogP contribution is -2.37. The van der Waals surface area contributed by atoms with Gasteiger partial charge in [0.1, 0.15) is 0 Å². The van der Waals surface area contributed by atoms with E-state index in [9.17, 15) is 0 Å². The highest BCUT2D eigenvalue weighted by Crippen LogP contribution is 2.24. The number of ether oxygens (including phenoxy) is 2. The van der Waals surface area contributed by atoms with Gasteiger partial charge in [0, 0.05) is 6.04 Å². The average Bonchev–Trinajstić information content (AvgIpc) is 2.42. The molecule has 0 radical (unpaired) electrons. The summed E-state index contributed by atoms with van der Waals surface area (Å²) in [7, 11) is 0. The van der Waals surface area contributed by atoms with E-state index < -0.39 is 5.79 Å². The number of unbranched alkanes of at least 4 members (excludes halogenated alkanes) is 1. The van der Waals surface area contributed by atoms with Gasteiger partial charge >= 0.3 is 0 Å². The van der Waals surface area contributed by atoms with Gasteiger partial charge in [-0.1, -0.05) is 19.8 Å². The standard InChI is InChI=1S/C10H21NO2/c1-4-5-6-8(11)9-7-12-10(2,3)13-9/h8-9H,4-7,11H2,1-3H3/t8-,9-/m1/s1. The molecule has 1 rings (SSSR count). The van der Waals surface area contributed by atoms with Crippen molar-refractivity contribution < 1.29 is 9.47 Å². The molecule has 1 aliphatic rings. The van der Waals surface area contributed by atoms with Crippen LogP contribution in [-0.2, 0) is 9.47 Å². The van der Waals surface area contributed by atoms with Crippen LogP contribution < -0.4 is 5.73 Å². The predicted octanol–water partition coefficient (Wildman–Crippen LogP) is 1.66. The van der Waals surface area contributed by atoms with E-state index in [1.54, 1.807) is 0 Å². The second kappa shape index (κ2) is 4.40. The van der Waals surface area contributed by atoms with Gasteiger partial charge in [0.05, 0.1) is 12.7 Å². The quantitative estimate of drug-likeness (QED) is 0.728. The molecule has 1 heterocycles. The van der Waals surface area contributed by atoms with Crippen molar-refractivity contribution in [3.05, 3.63) is 0 Å². The summed E-state index contributed by atoms with van der Waals surface area (Å²) in [6.07, 6.45) is 3.47. The minimum atomic E-state index is -0.436. The first-order valence-electron chi connectivity index (χ1n) is 5.12. The van der Waals surface area contributed by atoms with E-state index in [1.165, 1.54) is 12.8 Å². The summed E-state index contributed by atoms with van der Waals surface area (Å²) in [5.74, 6) is -0.436. The Kier molecular flexibility index (Phi) is 3.71. The maximum Gasteiger partial charge on any atom is 0.163 e. The first kappa shape index (κ1) is 11.0. The van der Waals surface area contributed by atoms with Crippen LogP contribution in [0.5, 0.6) is 0 Å². The van der Waals surface area contributed by atoms with Gasteiger partial charge in [-0.25, -0.2) is 0 Å². The predicted molar refractivity (Wildman–Crippen MR) is 52.4 cm³/mol. The van der Waals surface area contributed by atoms with Crippen molar-refractivity contribution in [2.24, 2.45) is 5.73 Å². The lowest BCUT2D eigenvalue weighted by atomic mass is 10.1. The fourth-order valence-electron chi connectivity index (χ4n) is 1.55. The molecule has 0 aromatic carbocycles. The zero-order chi connectivity index (χ0) is 9.90. The molecule has 0 saturated carbocycles. The number of hydrogen-bond acceptors (Lipinski definition) is 3. The summed E-state index contributed by atoms with van der Waals surface area (Å²) in [5, 5.41) is 0. The smallest absolute Gasteiger partial charge is 0.163 e. The highest BCUT2D eigenvalue weighted by molar-refractivity contribution is 4.80. The third-order valence-corrected chi connectivity index (χ3v) is 2.40. The Morgan fingerprint density at radius 1 is 1.54 bits per heavy atom. The van der Waals surface area contributed by atoms with Crippen molar-refractivity contribution in [2.45, 2.75) is 58.0 Å². The Morgan fingerprint density at radius 2 is 2.23 bits per heavy atom. The molecule has 2 atom stereocenters. The largest absolute Gasteiger partial charge is 0.348 e. The Balaban J connectivity index is 2.29. The van der Waals surface area contributed by atoms with Crippen LogP contribution in [0.4, 0.5) is 0 Å². The molecule has 3 heteroatoms. The van der Waals surface area contributed by atoms with Crippen molar-refractivity contribution in [1.29, 1.82) is 0 Å². The molecule has 0 spiro atoms. The van der Waals surface area contributed by atoms with E-state index in [1.807, 2.05) is 13.8 Å². The molecule has 0 amide bonds. The van der Waals surface area contributed by atoms with Crippen molar-refractivity contribution in [1.82, 2.24) is 0 Å². The zero-order valence-electron chi connectivity index (χ0n) is 8.88. The molecule has 0 aromatic heterocycles. The first-order valence-corrected chi connectivity index (χ1v) is 5.12. The third kappa shape index (κ3) is 3.25. The van der Waals surface area contributed by atoms with Crippen LogP contribution >= 0.6 is 0 Å². The van der Waals surface area contributed by atoms with Gasteiger partial charge in [-0.3, -0.25) is 0 Å². The topological polar surface area (TPSA) is 44.5 Å². The van der Waals surface area contributed by atoms with Gasteiger partial charge in [0.25, 0.3) is 0 Å². The van der Waals surface area contributed by atoms with E-state index in [0.29, 0.717) is 6.61 Å². The summed E-state index contributed by atoms with van der Waals surface area (Å²) < 4.78 is 11.1. The van der Waals surface area contributed by atoms with Crippen LogP contribution in [0.15, 0.2) is 0 Å². The van der Waals surface area contributed by atoms with Crippen molar-refractivity contribution in [3.63, 3.8) is 0 Å². The summed E-state index contributed by atoms with van der Waals surface area (Å²) in [5.41, 5.74) is 5.98. The molecule has 1 saturated heterocycles. The van der Waals surface area contributed by atoms with E-state index in [4.69, 9.17) is 15.2 Å². The van der Waals surface area contributed by atoms with E-state index in [-0.39, 0.29) is 12.1 Å². The SMILES string of the molecule is CCCC[C@@H](N)[C@H]1COC(C)(C)O1. The molecular formula is C10H21NO2. The zero-order valence-corrected chi connectivity index (χ0v) is 8.88. The molecule has 0 aliphatic carbocycles. The Hall–Kier alpha value is -0.120. The lowest BCUT2D eigenvalue weighted by Gasteiger charge is -2.20. The van der Waals surface area contributed by atoms with E-state index >= 15 is 0 Å². The molecule has 0 bridgehead atoms. The van der Waals surface area contributed by atoms with E-state index in [0.717, 1.165) is 6.42 Å². The molecule has 0 unspecified atom stereocenters. The number of rotatable bonds is 4. The van der Waals surface area contributed by atoms with Crippen LogP contribution in [0.2, 0.25) is 0 Å². The van der Waals surface area contributed by atoms with Gasteiger partial charge in [-0.05, 0) is 20.3 Å². The first-order chi connectivity index (χ1) is 6.05. The highest BCUT2D eigenvalue weighted by Gasteiger charge is 2.35. The summed E-state index contributed by atoms with van der Waals surface area (Å²) in [4.78, 5) is 0. The summed E-state index contributed by atoms with van der Waals surface area (Å²) in [6, 6.07) is 0.127. The van der Waals surface area contributed by atoms with Crippen LogP contribution in [0.3, 0.4) is 0 Å². The molecule has 1 fully saturated rings. The summed E-state index contributed by atoms with van der Waals surface area (Å²) >= 11 is 0. The van der Waals surface area contributed by atoms with Crippen LogP contribution in [0.25, 0.3) is 0 Å². The molecule has 3 nitrogen and oxygen atoms in total. The maximum absolute atomic E-state index is 5.98. The highest BCUT2D eigenvalue weighted by atomic mass is 16.7. The van der Waals surface area contributed by atoms with Crippen molar-refractivity contribution >= 4 is 0 Å². The second-order valence-corrected chi connectivity index (χ2v) is 4.17. The fraction of sp³-hybridized carbons (Fsp3) is 1.00. The third-order valence-electron chi connectivity index (χ3n) is 2.40. The molecule has 2 N–H and O–H groups in total. The van der Waals surface area contributed by atoms with Gasteiger partial charge < -0.3 is 15.2 Å². The van der Waals surface area contributed by atoms with Gasteiger partial charge in [0.2, 0.25) is 0 Å². The monoisotopic (exact) mass is 187 g/mol. The van der Waals surface area contributed by atoms with Crippen LogP contribution in [0.1, 0.15) is 40.0 Å². The minimum Gasteiger partial charge on any atom is -0.348 e. The number of hydrogen-bond donors (Lipinski definition) is 1. The average molecular weight is 187 g/mol. The molecular weight excluding hydrogens is 166 g/mol. The Bertz CT molecular complexity index is 159. The second-order valence-electron chi connectivity index (χ2n) is 4.17. The lowest BCUT2D eigenvalue weighted by molar-refractivity contribution is -0.140. The van der Waals surface area contributed by atoms with Gasteiger partial charge in [0.15, 0.2) is 5.79 Å². The molecule has 0 aromatic rings. The maximum atomic E-state index is 5.98. The fourth-order valence-corrected chi connectivity index (χ4v) is 1.55. The molecule has 1 aliphatic heterocycles. The van der Waals surface area contributed by atoms with E-state index in [2.05, 4.69) is 6.92 Å².